The third kappa shape index (κ3) is 6.46. The maximum Gasteiger partial charge on any atom is 0.339 e. The van der Waals surface area contributed by atoms with Crippen molar-refractivity contribution in [3.63, 3.8) is 0 Å². The summed E-state index contributed by atoms with van der Waals surface area (Å²) >= 11 is 1.32. The van der Waals surface area contributed by atoms with Crippen molar-refractivity contribution in [2.24, 2.45) is 5.92 Å². The Morgan fingerprint density at radius 1 is 1.11 bits per heavy atom. The van der Waals surface area contributed by atoms with Gasteiger partial charge in [-0.25, -0.2) is 4.79 Å². The fourth-order valence-electron chi connectivity index (χ4n) is 2.25. The molecule has 0 saturated carbocycles. The van der Waals surface area contributed by atoms with Crippen molar-refractivity contribution in [3.05, 3.63) is 59.7 Å². The molecule has 0 aromatic heterocycles. The largest absolute Gasteiger partial charge is 0.452 e. The zero-order chi connectivity index (χ0) is 19.6. The van der Waals surface area contributed by atoms with Gasteiger partial charge in [-0.05, 0) is 36.6 Å². The zero-order valence-electron chi connectivity index (χ0n) is 15.4. The lowest BCUT2D eigenvalue weighted by molar-refractivity contribution is -0.124. The first-order chi connectivity index (χ1) is 13.0. The van der Waals surface area contributed by atoms with E-state index in [1.54, 1.807) is 30.3 Å². The van der Waals surface area contributed by atoms with Crippen LogP contribution in [0.15, 0.2) is 58.3 Å². The molecule has 140 valence electrons. The van der Waals surface area contributed by atoms with Crippen LogP contribution in [0.3, 0.4) is 0 Å². The Bertz CT molecular complexity index is 843. The van der Waals surface area contributed by atoms with Crippen molar-refractivity contribution >= 4 is 23.6 Å². The maximum atomic E-state index is 12.4. The fourth-order valence-corrected chi connectivity index (χ4v) is 3.27. The first kappa shape index (κ1) is 20.5. The predicted octanol–water partition coefficient (Wildman–Crippen LogP) is 4.03. The average molecular weight is 382 g/mol. The Balaban J connectivity index is 2.01. The molecule has 0 spiro atoms. The Morgan fingerprint density at radius 3 is 2.48 bits per heavy atom. The molecule has 1 amide bonds. The number of benzene rings is 2. The summed E-state index contributed by atoms with van der Waals surface area (Å²) in [5.41, 5.74) is 0.903. The van der Waals surface area contributed by atoms with E-state index in [1.165, 1.54) is 11.8 Å². The fraction of sp³-hybridized carbons (Fsp3) is 0.286. The molecule has 0 saturated heterocycles. The number of rotatable bonds is 8. The van der Waals surface area contributed by atoms with Crippen molar-refractivity contribution in [3.8, 4) is 6.07 Å². The molecule has 2 aromatic carbocycles. The van der Waals surface area contributed by atoms with Gasteiger partial charge in [0.25, 0.3) is 5.91 Å². The van der Waals surface area contributed by atoms with E-state index in [-0.39, 0.29) is 12.5 Å². The van der Waals surface area contributed by atoms with E-state index in [2.05, 4.69) is 25.2 Å². The Hall–Kier alpha value is -2.78. The van der Waals surface area contributed by atoms with Crippen LogP contribution in [0.4, 0.5) is 0 Å². The molecule has 1 N–H and O–H groups in total. The third-order valence-electron chi connectivity index (χ3n) is 3.71. The summed E-state index contributed by atoms with van der Waals surface area (Å²) in [6.45, 7) is 4.40. The number of carbonyl (C=O) groups is 2. The zero-order valence-corrected chi connectivity index (χ0v) is 16.2. The van der Waals surface area contributed by atoms with Gasteiger partial charge >= 0.3 is 5.97 Å². The molecular weight excluding hydrogens is 360 g/mol. The molecule has 0 fully saturated rings. The van der Waals surface area contributed by atoms with E-state index in [1.807, 2.05) is 18.2 Å². The van der Waals surface area contributed by atoms with Gasteiger partial charge in [0, 0.05) is 16.3 Å². The molecule has 0 radical (unpaired) electrons. The van der Waals surface area contributed by atoms with Crippen LogP contribution in [0.2, 0.25) is 0 Å². The summed E-state index contributed by atoms with van der Waals surface area (Å²) in [6.07, 6.45) is 0.872. The van der Waals surface area contributed by atoms with Gasteiger partial charge in [-0.2, -0.15) is 5.26 Å². The SMILES string of the molecule is CC(C)CCNC(=O)COC(=O)c1ccccc1Sc1ccccc1C#N. The quantitative estimate of drug-likeness (QED) is 0.697. The molecule has 6 heteroatoms. The van der Waals surface area contributed by atoms with Crippen LogP contribution in [0.5, 0.6) is 0 Å². The van der Waals surface area contributed by atoms with Crippen LogP contribution in [0.1, 0.15) is 36.2 Å². The minimum Gasteiger partial charge on any atom is -0.452 e. The van der Waals surface area contributed by atoms with Crippen molar-refractivity contribution in [1.29, 1.82) is 5.26 Å². The van der Waals surface area contributed by atoms with Crippen molar-refractivity contribution in [2.75, 3.05) is 13.2 Å². The summed E-state index contributed by atoms with van der Waals surface area (Å²) in [7, 11) is 0. The highest BCUT2D eigenvalue weighted by Crippen LogP contribution is 2.32. The lowest BCUT2D eigenvalue weighted by Crippen LogP contribution is -2.30. The van der Waals surface area contributed by atoms with Gasteiger partial charge in [0.1, 0.15) is 6.07 Å². The highest BCUT2D eigenvalue weighted by atomic mass is 32.2. The molecule has 2 aromatic rings. The van der Waals surface area contributed by atoms with Gasteiger partial charge in [-0.15, -0.1) is 0 Å². The summed E-state index contributed by atoms with van der Waals surface area (Å²) in [4.78, 5) is 25.6. The van der Waals surface area contributed by atoms with Gasteiger partial charge in [-0.3, -0.25) is 4.79 Å². The second-order valence-electron chi connectivity index (χ2n) is 6.31. The molecule has 0 aliphatic rings. The standard InChI is InChI=1S/C21H22N2O3S/c1-15(2)11-12-23-20(24)14-26-21(25)17-8-4-6-10-19(17)27-18-9-5-3-7-16(18)13-22/h3-10,15H,11-12,14H2,1-2H3,(H,23,24). The number of carbonyl (C=O) groups excluding carboxylic acids is 2. The van der Waals surface area contributed by atoms with Crippen LogP contribution in [-0.4, -0.2) is 25.0 Å². The molecule has 0 bridgehead atoms. The van der Waals surface area contributed by atoms with E-state index >= 15 is 0 Å². The van der Waals surface area contributed by atoms with Crippen LogP contribution >= 0.6 is 11.8 Å². The third-order valence-corrected chi connectivity index (χ3v) is 4.86. The second kappa shape index (κ2) is 10.4. The maximum absolute atomic E-state index is 12.4. The first-order valence-electron chi connectivity index (χ1n) is 8.71. The lowest BCUT2D eigenvalue weighted by Gasteiger charge is -2.11. The summed E-state index contributed by atoms with van der Waals surface area (Å²) in [5.74, 6) is -0.386. The van der Waals surface area contributed by atoms with Crippen LogP contribution in [0.25, 0.3) is 0 Å². The molecule has 5 nitrogen and oxygen atoms in total. The number of hydrogen-bond donors (Lipinski definition) is 1. The van der Waals surface area contributed by atoms with Crippen molar-refractivity contribution in [2.45, 2.75) is 30.1 Å². The summed E-state index contributed by atoms with van der Waals surface area (Å²) in [6, 6.07) is 16.3. The van der Waals surface area contributed by atoms with E-state index in [4.69, 9.17) is 4.74 Å². The highest BCUT2D eigenvalue weighted by molar-refractivity contribution is 7.99. The normalized spacial score (nSPS) is 10.3. The monoisotopic (exact) mass is 382 g/mol. The molecular formula is C21H22N2O3S. The molecule has 2 rings (SSSR count). The molecule has 0 aliphatic heterocycles. The molecule has 27 heavy (non-hydrogen) atoms. The van der Waals surface area contributed by atoms with Crippen molar-refractivity contribution in [1.82, 2.24) is 5.32 Å². The number of ether oxygens (including phenoxy) is 1. The van der Waals surface area contributed by atoms with Gasteiger partial charge in [0.15, 0.2) is 6.61 Å². The van der Waals surface area contributed by atoms with Crippen molar-refractivity contribution < 1.29 is 14.3 Å². The number of hydrogen-bond acceptors (Lipinski definition) is 5. The van der Waals surface area contributed by atoms with Gasteiger partial charge in [0.05, 0.1) is 11.1 Å². The average Bonchev–Trinajstić information content (AvgIpc) is 2.66. The van der Waals surface area contributed by atoms with Gasteiger partial charge in [-0.1, -0.05) is 49.9 Å². The topological polar surface area (TPSA) is 79.2 Å². The minimum atomic E-state index is -0.563. The highest BCUT2D eigenvalue weighted by Gasteiger charge is 2.16. The lowest BCUT2D eigenvalue weighted by atomic mass is 10.1. The van der Waals surface area contributed by atoms with E-state index in [0.717, 1.165) is 11.3 Å². The molecule has 0 heterocycles. The van der Waals surface area contributed by atoms with E-state index < -0.39 is 5.97 Å². The number of nitrogens with one attached hydrogen (secondary N) is 1. The molecule has 0 atom stereocenters. The molecule has 0 unspecified atom stereocenters. The Morgan fingerprint density at radius 2 is 1.78 bits per heavy atom. The van der Waals surface area contributed by atoms with Gasteiger partial charge in [0.2, 0.25) is 0 Å². The predicted molar refractivity (Wildman–Crippen MR) is 104 cm³/mol. The summed E-state index contributed by atoms with van der Waals surface area (Å²) in [5, 5.41) is 12.0. The van der Waals surface area contributed by atoms with Crippen LogP contribution in [0, 0.1) is 17.2 Å². The summed E-state index contributed by atoms with van der Waals surface area (Å²) < 4.78 is 5.15. The number of esters is 1. The van der Waals surface area contributed by atoms with E-state index in [9.17, 15) is 14.9 Å². The Labute approximate surface area is 163 Å². The van der Waals surface area contributed by atoms with Crippen LogP contribution in [-0.2, 0) is 9.53 Å². The second-order valence-corrected chi connectivity index (χ2v) is 7.40. The minimum absolute atomic E-state index is 0.315. The van der Waals surface area contributed by atoms with Crippen LogP contribution < -0.4 is 5.32 Å². The number of nitrogens with zero attached hydrogens (tertiary/aromatic N) is 1. The number of nitriles is 1. The smallest absolute Gasteiger partial charge is 0.339 e. The first-order valence-corrected chi connectivity index (χ1v) is 9.52. The molecule has 0 aliphatic carbocycles. The van der Waals surface area contributed by atoms with Gasteiger partial charge < -0.3 is 10.1 Å². The number of amides is 1. The van der Waals surface area contributed by atoms with E-state index in [0.29, 0.717) is 28.5 Å². The Kier molecular flexibility index (Phi) is 7.90.